The van der Waals surface area contributed by atoms with Crippen molar-refractivity contribution in [2.75, 3.05) is 0 Å². The zero-order valence-corrected chi connectivity index (χ0v) is 11.1. The van der Waals surface area contributed by atoms with Gasteiger partial charge in [0.2, 0.25) is 0 Å². The molecule has 0 spiro atoms. The van der Waals surface area contributed by atoms with Gasteiger partial charge in [-0.15, -0.1) is 22.9 Å². The van der Waals surface area contributed by atoms with Crippen LogP contribution in [0.2, 0.25) is 0 Å². The lowest BCUT2D eigenvalue weighted by atomic mass is 9.91. The molecule has 0 aliphatic carbocycles. The van der Waals surface area contributed by atoms with E-state index in [1.165, 1.54) is 4.88 Å². The largest absolute Gasteiger partial charge is 0.333 e. The highest BCUT2D eigenvalue weighted by Crippen LogP contribution is 2.29. The van der Waals surface area contributed by atoms with Gasteiger partial charge in [-0.1, -0.05) is 19.9 Å². The molecule has 0 N–H and O–H groups in total. The van der Waals surface area contributed by atoms with Crippen molar-refractivity contribution in [2.45, 2.75) is 31.7 Å². The molecule has 4 heteroatoms. The second kappa shape index (κ2) is 4.60. The van der Waals surface area contributed by atoms with E-state index in [-0.39, 0.29) is 5.41 Å². The van der Waals surface area contributed by atoms with Crippen LogP contribution in [0, 0.1) is 0 Å². The molecule has 0 aliphatic heterocycles. The van der Waals surface area contributed by atoms with Crippen molar-refractivity contribution >= 4 is 22.9 Å². The summed E-state index contributed by atoms with van der Waals surface area (Å²) < 4.78 is 2.13. The number of hydrogen-bond acceptors (Lipinski definition) is 2. The monoisotopic (exact) mass is 254 g/mol. The molecule has 2 heterocycles. The summed E-state index contributed by atoms with van der Waals surface area (Å²) in [6.07, 6.45) is 3.69. The number of alkyl halides is 1. The van der Waals surface area contributed by atoms with Crippen molar-refractivity contribution in [1.82, 2.24) is 9.55 Å². The van der Waals surface area contributed by atoms with Crippen molar-refractivity contribution in [2.24, 2.45) is 0 Å². The van der Waals surface area contributed by atoms with Gasteiger partial charge in [-0.2, -0.15) is 0 Å². The number of rotatable bonds is 4. The topological polar surface area (TPSA) is 17.8 Å². The number of nitrogens with zero attached hydrogens (tertiary/aromatic N) is 2. The lowest BCUT2D eigenvalue weighted by Crippen LogP contribution is -2.23. The van der Waals surface area contributed by atoms with E-state index in [2.05, 4.69) is 40.9 Å². The molecule has 86 valence electrons. The van der Waals surface area contributed by atoms with E-state index in [1.807, 2.05) is 12.5 Å². The molecule has 0 atom stereocenters. The van der Waals surface area contributed by atoms with Gasteiger partial charge in [-0.3, -0.25) is 0 Å². The lowest BCUT2D eigenvalue weighted by molar-refractivity contribution is 0.437. The summed E-state index contributed by atoms with van der Waals surface area (Å²) in [6.45, 7) is 5.41. The molecule has 0 amide bonds. The van der Waals surface area contributed by atoms with Gasteiger partial charge in [0.15, 0.2) is 0 Å². The average Bonchev–Trinajstić information content (AvgIpc) is 2.86. The van der Waals surface area contributed by atoms with E-state index in [1.54, 1.807) is 11.3 Å². The first-order chi connectivity index (χ1) is 7.63. The van der Waals surface area contributed by atoms with Crippen LogP contribution in [0.25, 0.3) is 0 Å². The average molecular weight is 255 g/mol. The Bertz CT molecular complexity index is 445. The molecular weight excluding hydrogens is 240 g/mol. The Labute approximate surface area is 105 Å². The summed E-state index contributed by atoms with van der Waals surface area (Å²) >= 11 is 7.67. The molecule has 0 fully saturated rings. The molecular formula is C12H15ClN2S. The summed E-state index contributed by atoms with van der Waals surface area (Å²) in [5, 5.41) is 2.12. The number of halogens is 1. The Kier molecular flexibility index (Phi) is 3.36. The van der Waals surface area contributed by atoms with E-state index in [4.69, 9.17) is 11.6 Å². The zero-order chi connectivity index (χ0) is 11.6. The van der Waals surface area contributed by atoms with Gasteiger partial charge >= 0.3 is 0 Å². The first-order valence-electron chi connectivity index (χ1n) is 5.22. The summed E-state index contributed by atoms with van der Waals surface area (Å²) in [4.78, 5) is 5.53. The minimum Gasteiger partial charge on any atom is -0.333 e. The highest BCUT2D eigenvalue weighted by atomic mass is 35.5. The Hall–Kier alpha value is -0.800. The lowest BCUT2D eigenvalue weighted by Gasteiger charge is -2.24. The fourth-order valence-electron chi connectivity index (χ4n) is 1.77. The van der Waals surface area contributed by atoms with Gasteiger partial charge in [0.05, 0.1) is 17.9 Å². The molecule has 2 aromatic heterocycles. The van der Waals surface area contributed by atoms with Crippen LogP contribution >= 0.6 is 22.9 Å². The van der Waals surface area contributed by atoms with E-state index in [9.17, 15) is 0 Å². The Morgan fingerprint density at radius 1 is 1.50 bits per heavy atom. The van der Waals surface area contributed by atoms with Crippen LogP contribution in [0.15, 0.2) is 30.0 Å². The third-order valence-electron chi connectivity index (χ3n) is 2.69. The molecule has 2 aromatic rings. The molecule has 2 rings (SSSR count). The van der Waals surface area contributed by atoms with Crippen LogP contribution in [0.5, 0.6) is 0 Å². The molecule has 0 unspecified atom stereocenters. The summed E-state index contributed by atoms with van der Waals surface area (Å²) in [5.41, 5.74) is 1.20. The summed E-state index contributed by atoms with van der Waals surface area (Å²) in [5.74, 6) is 0.514. The smallest absolute Gasteiger partial charge is 0.0948 e. The Morgan fingerprint density at radius 3 is 2.94 bits per heavy atom. The molecule has 0 radical (unpaired) electrons. The normalized spacial score (nSPS) is 11.9. The third kappa shape index (κ3) is 2.30. The van der Waals surface area contributed by atoms with E-state index in [0.717, 1.165) is 12.2 Å². The quantitative estimate of drug-likeness (QED) is 0.762. The predicted molar refractivity (Wildman–Crippen MR) is 69.1 cm³/mol. The fraction of sp³-hybridized carbons (Fsp3) is 0.417. The van der Waals surface area contributed by atoms with Gasteiger partial charge in [0.1, 0.15) is 0 Å². The van der Waals surface area contributed by atoms with Crippen LogP contribution < -0.4 is 0 Å². The van der Waals surface area contributed by atoms with Gasteiger partial charge in [-0.05, 0) is 11.4 Å². The van der Waals surface area contributed by atoms with Gasteiger partial charge in [-0.25, -0.2) is 4.98 Å². The Morgan fingerprint density at radius 2 is 2.31 bits per heavy atom. The van der Waals surface area contributed by atoms with Crippen molar-refractivity contribution in [1.29, 1.82) is 0 Å². The second-order valence-electron chi connectivity index (χ2n) is 4.51. The minimum atomic E-state index is 0.121. The highest BCUT2D eigenvalue weighted by molar-refractivity contribution is 7.10. The molecule has 0 saturated carbocycles. The van der Waals surface area contributed by atoms with E-state index < -0.39 is 0 Å². The van der Waals surface area contributed by atoms with E-state index >= 15 is 0 Å². The number of hydrogen-bond donors (Lipinski definition) is 0. The van der Waals surface area contributed by atoms with Crippen LogP contribution in [0.3, 0.4) is 0 Å². The maximum Gasteiger partial charge on any atom is 0.0948 e. The zero-order valence-electron chi connectivity index (χ0n) is 9.48. The Balaban J connectivity index is 2.21. The van der Waals surface area contributed by atoms with Crippen LogP contribution in [-0.4, -0.2) is 9.55 Å². The van der Waals surface area contributed by atoms with Crippen molar-refractivity contribution < 1.29 is 0 Å². The molecule has 0 aromatic carbocycles. The second-order valence-corrected chi connectivity index (χ2v) is 5.72. The summed E-state index contributed by atoms with van der Waals surface area (Å²) in [7, 11) is 0. The number of imidazole rings is 1. The summed E-state index contributed by atoms with van der Waals surface area (Å²) in [6, 6.07) is 4.28. The van der Waals surface area contributed by atoms with Gasteiger partial charge in [0, 0.05) is 23.0 Å². The van der Waals surface area contributed by atoms with Crippen LogP contribution in [-0.2, 0) is 17.8 Å². The molecule has 0 bridgehead atoms. The first kappa shape index (κ1) is 11.7. The first-order valence-corrected chi connectivity index (χ1v) is 6.64. The maximum absolute atomic E-state index is 5.87. The molecule has 0 saturated heterocycles. The SMILES string of the molecule is CC(C)(Cn1cncc1CCl)c1cccs1. The predicted octanol–water partition coefficient (Wildman–Crippen LogP) is 3.66. The molecule has 2 nitrogen and oxygen atoms in total. The number of thiophene rings is 1. The van der Waals surface area contributed by atoms with Crippen LogP contribution in [0.1, 0.15) is 24.4 Å². The number of aromatic nitrogens is 2. The van der Waals surface area contributed by atoms with Gasteiger partial charge < -0.3 is 4.57 Å². The minimum absolute atomic E-state index is 0.121. The molecule has 16 heavy (non-hydrogen) atoms. The van der Waals surface area contributed by atoms with Crippen molar-refractivity contribution in [3.63, 3.8) is 0 Å². The fourth-order valence-corrected chi connectivity index (χ4v) is 2.84. The molecule has 0 aliphatic rings. The van der Waals surface area contributed by atoms with Crippen LogP contribution in [0.4, 0.5) is 0 Å². The van der Waals surface area contributed by atoms with Crippen molar-refractivity contribution in [3.05, 3.63) is 40.6 Å². The third-order valence-corrected chi connectivity index (χ3v) is 4.20. The highest BCUT2D eigenvalue weighted by Gasteiger charge is 2.23. The van der Waals surface area contributed by atoms with Gasteiger partial charge in [0.25, 0.3) is 0 Å². The van der Waals surface area contributed by atoms with Crippen molar-refractivity contribution in [3.8, 4) is 0 Å². The standard InChI is InChI=1S/C12H15ClN2S/c1-12(2,11-4-3-5-16-11)8-15-9-14-7-10(15)6-13/h3-5,7,9H,6,8H2,1-2H3. The van der Waals surface area contributed by atoms with E-state index in [0.29, 0.717) is 5.88 Å². The maximum atomic E-state index is 5.87.